The molecule has 0 aliphatic heterocycles. The Balaban J connectivity index is 1.88. The van der Waals surface area contributed by atoms with Crippen molar-refractivity contribution in [2.45, 2.75) is 51.5 Å². The molecule has 1 saturated carbocycles. The summed E-state index contributed by atoms with van der Waals surface area (Å²) in [5.41, 5.74) is 2.40. The maximum Gasteiger partial charge on any atom is 0.244 e. The van der Waals surface area contributed by atoms with Gasteiger partial charge in [0.1, 0.15) is 0 Å². The van der Waals surface area contributed by atoms with Crippen molar-refractivity contribution in [3.05, 3.63) is 41.5 Å². The zero-order valence-electron chi connectivity index (χ0n) is 11.9. The smallest absolute Gasteiger partial charge is 0.244 e. The topological polar surface area (TPSA) is 29.1 Å². The summed E-state index contributed by atoms with van der Waals surface area (Å²) >= 11 is 0. The molecule has 2 heteroatoms. The average molecular weight is 257 g/mol. The highest BCUT2D eigenvalue weighted by atomic mass is 16.1. The summed E-state index contributed by atoms with van der Waals surface area (Å²) in [5.74, 6) is 0.573. The maximum atomic E-state index is 11.7. The summed E-state index contributed by atoms with van der Waals surface area (Å²) in [6, 6.07) is 8.77. The maximum absolute atomic E-state index is 11.7. The molecule has 19 heavy (non-hydrogen) atoms. The number of carbonyl (C=O) groups excluding carboxylic acids is 1. The van der Waals surface area contributed by atoms with E-state index in [-0.39, 0.29) is 5.91 Å². The van der Waals surface area contributed by atoms with Gasteiger partial charge in [-0.25, -0.2) is 0 Å². The fourth-order valence-corrected chi connectivity index (χ4v) is 2.48. The van der Waals surface area contributed by atoms with Crippen LogP contribution < -0.4 is 5.32 Å². The van der Waals surface area contributed by atoms with Crippen molar-refractivity contribution in [3.63, 3.8) is 0 Å². The first-order chi connectivity index (χ1) is 9.15. The van der Waals surface area contributed by atoms with Crippen LogP contribution in [0.2, 0.25) is 0 Å². The predicted octanol–water partition coefficient (Wildman–Crippen LogP) is 3.88. The van der Waals surface area contributed by atoms with Crippen LogP contribution in [-0.4, -0.2) is 11.9 Å². The van der Waals surface area contributed by atoms with Crippen molar-refractivity contribution in [1.82, 2.24) is 5.32 Å². The third-order valence-corrected chi connectivity index (χ3v) is 3.73. The molecule has 1 aliphatic carbocycles. The first-order valence-electron chi connectivity index (χ1n) is 7.23. The Morgan fingerprint density at radius 3 is 2.42 bits per heavy atom. The lowest BCUT2D eigenvalue weighted by molar-refractivity contribution is -0.117. The van der Waals surface area contributed by atoms with E-state index in [1.54, 1.807) is 6.08 Å². The summed E-state index contributed by atoms with van der Waals surface area (Å²) in [4.78, 5) is 11.7. The molecule has 0 saturated heterocycles. The Morgan fingerprint density at radius 1 is 1.21 bits per heavy atom. The second kappa shape index (κ2) is 6.55. The van der Waals surface area contributed by atoms with Gasteiger partial charge in [-0.15, -0.1) is 0 Å². The van der Waals surface area contributed by atoms with E-state index < -0.39 is 0 Å². The SMILES string of the molecule is CC(C)c1ccc(C=CC(=O)NC2CCCC2)cc1. The number of hydrogen-bond donors (Lipinski definition) is 1. The van der Waals surface area contributed by atoms with Gasteiger partial charge in [0.15, 0.2) is 0 Å². The highest BCUT2D eigenvalue weighted by molar-refractivity contribution is 5.91. The van der Waals surface area contributed by atoms with Crippen LogP contribution in [0.3, 0.4) is 0 Å². The molecule has 0 radical (unpaired) electrons. The van der Waals surface area contributed by atoms with E-state index >= 15 is 0 Å². The van der Waals surface area contributed by atoms with Crippen LogP contribution in [-0.2, 0) is 4.79 Å². The molecule has 0 heterocycles. The standard InChI is InChI=1S/C17H23NO/c1-13(2)15-10-7-14(8-11-15)9-12-17(19)18-16-5-3-4-6-16/h7-13,16H,3-6H2,1-2H3,(H,18,19). The molecule has 2 nitrogen and oxygen atoms in total. The van der Waals surface area contributed by atoms with Gasteiger partial charge in [-0.2, -0.15) is 0 Å². The lowest BCUT2D eigenvalue weighted by Crippen LogP contribution is -2.30. The zero-order chi connectivity index (χ0) is 13.7. The molecule has 1 fully saturated rings. The van der Waals surface area contributed by atoms with Crippen molar-refractivity contribution < 1.29 is 4.79 Å². The number of nitrogens with one attached hydrogen (secondary N) is 1. The number of carbonyl (C=O) groups is 1. The number of rotatable bonds is 4. The first-order valence-corrected chi connectivity index (χ1v) is 7.23. The summed E-state index contributed by atoms with van der Waals surface area (Å²) in [7, 11) is 0. The van der Waals surface area contributed by atoms with E-state index in [4.69, 9.17) is 0 Å². The van der Waals surface area contributed by atoms with E-state index in [9.17, 15) is 4.79 Å². The highest BCUT2D eigenvalue weighted by Gasteiger charge is 2.15. The summed E-state index contributed by atoms with van der Waals surface area (Å²) in [6.07, 6.45) is 8.26. The van der Waals surface area contributed by atoms with Gasteiger partial charge in [0.05, 0.1) is 0 Å². The molecule has 1 N–H and O–H groups in total. The average Bonchev–Trinajstić information content (AvgIpc) is 2.89. The Bertz CT molecular complexity index is 439. The van der Waals surface area contributed by atoms with Crippen molar-refractivity contribution in [2.75, 3.05) is 0 Å². The fraction of sp³-hybridized carbons (Fsp3) is 0.471. The second-order valence-corrected chi connectivity index (χ2v) is 5.64. The van der Waals surface area contributed by atoms with Crippen LogP contribution in [0.25, 0.3) is 6.08 Å². The molecule has 1 aromatic carbocycles. The van der Waals surface area contributed by atoms with Crippen molar-refractivity contribution in [2.24, 2.45) is 0 Å². The summed E-state index contributed by atoms with van der Waals surface area (Å²) in [6.45, 7) is 4.36. The van der Waals surface area contributed by atoms with Crippen molar-refractivity contribution in [3.8, 4) is 0 Å². The van der Waals surface area contributed by atoms with Crippen LogP contribution >= 0.6 is 0 Å². The minimum Gasteiger partial charge on any atom is -0.350 e. The molecule has 1 amide bonds. The third kappa shape index (κ3) is 4.23. The van der Waals surface area contributed by atoms with E-state index in [0.29, 0.717) is 12.0 Å². The number of amides is 1. The molecule has 2 rings (SSSR count). The van der Waals surface area contributed by atoms with Gasteiger partial charge in [-0.3, -0.25) is 4.79 Å². The van der Waals surface area contributed by atoms with Gasteiger partial charge in [-0.05, 0) is 36.0 Å². The monoisotopic (exact) mass is 257 g/mol. The van der Waals surface area contributed by atoms with Gasteiger partial charge in [0.25, 0.3) is 0 Å². The van der Waals surface area contributed by atoms with E-state index in [1.807, 2.05) is 6.08 Å². The summed E-state index contributed by atoms with van der Waals surface area (Å²) < 4.78 is 0. The second-order valence-electron chi connectivity index (χ2n) is 5.64. The van der Waals surface area contributed by atoms with E-state index in [2.05, 4.69) is 43.4 Å². The molecular formula is C17H23NO. The minimum atomic E-state index is 0.0276. The van der Waals surface area contributed by atoms with Crippen LogP contribution in [0.4, 0.5) is 0 Å². The van der Waals surface area contributed by atoms with Gasteiger partial charge < -0.3 is 5.32 Å². The Morgan fingerprint density at radius 2 is 1.84 bits per heavy atom. The Labute approximate surface area is 115 Å². The quantitative estimate of drug-likeness (QED) is 0.815. The van der Waals surface area contributed by atoms with E-state index in [1.165, 1.54) is 18.4 Å². The highest BCUT2D eigenvalue weighted by Crippen LogP contribution is 2.18. The first kappa shape index (κ1) is 13.9. The van der Waals surface area contributed by atoms with Crippen molar-refractivity contribution in [1.29, 1.82) is 0 Å². The Hall–Kier alpha value is -1.57. The van der Waals surface area contributed by atoms with Crippen LogP contribution in [0, 0.1) is 0 Å². The molecule has 0 unspecified atom stereocenters. The lowest BCUT2D eigenvalue weighted by Gasteiger charge is -2.09. The van der Waals surface area contributed by atoms with Crippen LogP contribution in [0.5, 0.6) is 0 Å². The van der Waals surface area contributed by atoms with Gasteiger partial charge >= 0.3 is 0 Å². The molecule has 0 aromatic heterocycles. The summed E-state index contributed by atoms with van der Waals surface area (Å²) in [5, 5.41) is 3.05. The largest absolute Gasteiger partial charge is 0.350 e. The van der Waals surface area contributed by atoms with Gasteiger partial charge in [0, 0.05) is 12.1 Å². The van der Waals surface area contributed by atoms with E-state index in [0.717, 1.165) is 18.4 Å². The number of benzene rings is 1. The number of hydrogen-bond acceptors (Lipinski definition) is 1. The molecule has 0 bridgehead atoms. The molecule has 1 aliphatic rings. The molecular weight excluding hydrogens is 234 g/mol. The zero-order valence-corrected chi connectivity index (χ0v) is 11.9. The molecule has 102 valence electrons. The van der Waals surface area contributed by atoms with Crippen LogP contribution in [0.1, 0.15) is 56.6 Å². The minimum absolute atomic E-state index is 0.0276. The lowest BCUT2D eigenvalue weighted by atomic mass is 10.0. The fourth-order valence-electron chi connectivity index (χ4n) is 2.48. The van der Waals surface area contributed by atoms with Crippen molar-refractivity contribution >= 4 is 12.0 Å². The Kier molecular flexibility index (Phi) is 4.78. The molecule has 1 aromatic rings. The molecule has 0 spiro atoms. The predicted molar refractivity (Wildman–Crippen MR) is 80.0 cm³/mol. The third-order valence-electron chi connectivity index (χ3n) is 3.73. The van der Waals surface area contributed by atoms with Gasteiger partial charge in [0.2, 0.25) is 5.91 Å². The molecule has 0 atom stereocenters. The van der Waals surface area contributed by atoms with Crippen LogP contribution in [0.15, 0.2) is 30.3 Å². The van der Waals surface area contributed by atoms with Gasteiger partial charge in [-0.1, -0.05) is 51.0 Å². The normalized spacial score (nSPS) is 16.4.